The lowest BCUT2D eigenvalue weighted by Crippen LogP contribution is -2.34. The van der Waals surface area contributed by atoms with E-state index in [1.54, 1.807) is 0 Å². The van der Waals surface area contributed by atoms with Gasteiger partial charge in [-0.15, -0.1) is 11.3 Å². The van der Waals surface area contributed by atoms with E-state index >= 15 is 0 Å². The number of ether oxygens (including phenoxy) is 7. The van der Waals surface area contributed by atoms with Crippen molar-refractivity contribution in [1.82, 2.24) is 0 Å². The van der Waals surface area contributed by atoms with Crippen molar-refractivity contribution in [3.63, 3.8) is 0 Å². The molecule has 0 amide bonds. The minimum atomic E-state index is -0.371. The van der Waals surface area contributed by atoms with Crippen molar-refractivity contribution >= 4 is 49.2 Å². The first-order chi connectivity index (χ1) is 27.0. The number of carbonyl (C=O) groups excluding carboxylic acids is 1. The summed E-state index contributed by atoms with van der Waals surface area (Å²) in [5, 5.41) is 0. The van der Waals surface area contributed by atoms with Crippen LogP contribution in [0, 0.1) is 5.92 Å². The predicted octanol–water partition coefficient (Wildman–Crippen LogP) is 9.61. The van der Waals surface area contributed by atoms with Gasteiger partial charge in [0.15, 0.2) is 0 Å². The van der Waals surface area contributed by atoms with E-state index in [1.165, 1.54) is 11.3 Å². The summed E-state index contributed by atoms with van der Waals surface area (Å²) in [7, 11) is 0. The Hall–Kier alpha value is -3.23. The molecule has 0 saturated heterocycles. The van der Waals surface area contributed by atoms with Gasteiger partial charge in [0.25, 0.3) is 0 Å². The van der Waals surface area contributed by atoms with E-state index in [1.807, 2.05) is 127 Å². The lowest BCUT2D eigenvalue weighted by molar-refractivity contribution is -0.148. The number of thiophene rings is 1. The maximum absolute atomic E-state index is 13.0. The lowest BCUT2D eigenvalue weighted by atomic mass is 10.2. The molecule has 8 nitrogen and oxygen atoms in total. The van der Waals surface area contributed by atoms with E-state index in [4.69, 9.17) is 33.2 Å². The van der Waals surface area contributed by atoms with Crippen LogP contribution in [0.4, 0.5) is 0 Å². The van der Waals surface area contributed by atoms with Crippen molar-refractivity contribution in [2.45, 2.75) is 45.1 Å². The van der Waals surface area contributed by atoms with Crippen molar-refractivity contribution in [3.05, 3.63) is 163 Å². The van der Waals surface area contributed by atoms with Gasteiger partial charge in [-0.05, 0) is 65.7 Å². The average Bonchev–Trinajstić information content (AvgIpc) is 3.53. The summed E-state index contributed by atoms with van der Waals surface area (Å²) in [6, 6.07) is 42.0. The highest BCUT2D eigenvalue weighted by Crippen LogP contribution is 2.32. The van der Waals surface area contributed by atoms with Gasteiger partial charge in [0.05, 0.1) is 86.7 Å². The normalized spacial score (nSPS) is 11.5. The SMILES string of the molecule is O=C(Cc1cc(Br)sc1Br)OCC(COC(COCc1ccccc1)COCc1ccccc1)COC(COCc1ccccc1)COCc1ccccc1. The Morgan fingerprint density at radius 2 is 0.873 bits per heavy atom. The van der Waals surface area contributed by atoms with E-state index < -0.39 is 0 Å². The van der Waals surface area contributed by atoms with Gasteiger partial charge in [0.1, 0.15) is 12.2 Å². The number of esters is 1. The molecule has 0 fully saturated rings. The fourth-order valence-corrected chi connectivity index (χ4v) is 8.25. The highest BCUT2D eigenvalue weighted by Gasteiger charge is 2.21. The van der Waals surface area contributed by atoms with Crippen LogP contribution in [0.25, 0.3) is 0 Å². The van der Waals surface area contributed by atoms with Gasteiger partial charge >= 0.3 is 5.97 Å². The summed E-state index contributed by atoms with van der Waals surface area (Å²) >= 11 is 8.55. The van der Waals surface area contributed by atoms with Gasteiger partial charge in [-0.2, -0.15) is 0 Å². The molecular formula is C44H48Br2O8S. The zero-order valence-corrected chi connectivity index (χ0v) is 34.8. The van der Waals surface area contributed by atoms with Crippen LogP contribution in [0.3, 0.4) is 0 Å². The molecule has 0 aliphatic heterocycles. The highest BCUT2D eigenvalue weighted by molar-refractivity contribution is 9.12. The molecule has 5 rings (SSSR count). The van der Waals surface area contributed by atoms with E-state index in [9.17, 15) is 4.79 Å². The van der Waals surface area contributed by atoms with E-state index in [0.29, 0.717) is 52.9 Å². The van der Waals surface area contributed by atoms with Gasteiger partial charge in [-0.1, -0.05) is 121 Å². The van der Waals surface area contributed by atoms with Crippen molar-refractivity contribution < 1.29 is 38.0 Å². The smallest absolute Gasteiger partial charge is 0.310 e. The van der Waals surface area contributed by atoms with Crippen LogP contribution in [0.1, 0.15) is 27.8 Å². The van der Waals surface area contributed by atoms with Gasteiger partial charge < -0.3 is 33.2 Å². The predicted molar refractivity (Wildman–Crippen MR) is 222 cm³/mol. The molecule has 0 aliphatic rings. The first-order valence-corrected chi connectivity index (χ1v) is 20.7. The number of hydrogen-bond donors (Lipinski definition) is 0. The van der Waals surface area contributed by atoms with Crippen LogP contribution in [0.5, 0.6) is 0 Å². The Balaban J connectivity index is 1.22. The molecule has 0 spiro atoms. The van der Waals surface area contributed by atoms with Crippen LogP contribution in [-0.2, 0) is 70.8 Å². The van der Waals surface area contributed by atoms with Crippen molar-refractivity contribution in [2.75, 3.05) is 46.2 Å². The maximum Gasteiger partial charge on any atom is 0.310 e. The first-order valence-electron chi connectivity index (χ1n) is 18.3. The maximum atomic E-state index is 13.0. The van der Waals surface area contributed by atoms with Crippen molar-refractivity contribution in [2.24, 2.45) is 5.92 Å². The molecule has 4 aromatic carbocycles. The second kappa shape index (κ2) is 25.1. The van der Waals surface area contributed by atoms with Gasteiger partial charge in [0.2, 0.25) is 0 Å². The van der Waals surface area contributed by atoms with Gasteiger partial charge in [-0.25, -0.2) is 0 Å². The largest absolute Gasteiger partial charge is 0.465 e. The summed E-state index contributed by atoms with van der Waals surface area (Å²) in [5.74, 6) is -0.628. The zero-order valence-electron chi connectivity index (χ0n) is 30.8. The summed E-state index contributed by atoms with van der Waals surface area (Å²) in [4.78, 5) is 13.0. The van der Waals surface area contributed by atoms with E-state index in [-0.39, 0.29) is 50.3 Å². The zero-order chi connectivity index (χ0) is 38.3. The second-order valence-corrected chi connectivity index (χ2v) is 16.7. The quantitative estimate of drug-likeness (QED) is 0.0508. The minimum Gasteiger partial charge on any atom is -0.465 e. The molecule has 55 heavy (non-hydrogen) atoms. The van der Waals surface area contributed by atoms with Crippen LogP contribution in [0.15, 0.2) is 135 Å². The second-order valence-electron chi connectivity index (χ2n) is 13.0. The molecule has 0 atom stereocenters. The number of benzene rings is 4. The molecule has 1 aromatic heterocycles. The highest BCUT2D eigenvalue weighted by atomic mass is 79.9. The Morgan fingerprint density at radius 3 is 1.20 bits per heavy atom. The molecule has 0 radical (unpaired) electrons. The Kier molecular flexibility index (Phi) is 19.6. The molecule has 0 bridgehead atoms. The van der Waals surface area contributed by atoms with Crippen molar-refractivity contribution in [3.8, 4) is 0 Å². The molecular weight excluding hydrogens is 848 g/mol. The number of rotatable bonds is 26. The minimum absolute atomic E-state index is 0.104. The third kappa shape index (κ3) is 17.2. The molecule has 0 unspecified atom stereocenters. The Labute approximate surface area is 345 Å². The number of halogens is 2. The molecule has 0 saturated carbocycles. The van der Waals surface area contributed by atoms with Crippen LogP contribution in [-0.4, -0.2) is 64.4 Å². The Morgan fingerprint density at radius 1 is 0.509 bits per heavy atom. The van der Waals surface area contributed by atoms with Crippen LogP contribution in [0.2, 0.25) is 0 Å². The molecule has 11 heteroatoms. The summed E-state index contributed by atoms with van der Waals surface area (Å²) < 4.78 is 45.0. The number of carbonyl (C=O) groups is 1. The fraction of sp³-hybridized carbons (Fsp3) is 0.341. The topological polar surface area (TPSA) is 81.7 Å². The van der Waals surface area contributed by atoms with E-state index in [0.717, 1.165) is 35.4 Å². The Bertz CT molecular complexity index is 1570. The summed E-state index contributed by atoms with van der Waals surface area (Å²) in [6.45, 7) is 3.68. The fourth-order valence-electron chi connectivity index (χ4n) is 5.42. The standard InChI is InChI=1S/C44H48Br2O8S/c45-42-21-39(44(46)55-42)22-43(47)54-29-38(27-52-40(30-48-23-34-13-5-1-6-14-34)31-49-24-35-15-7-2-8-16-35)28-53-41(32-50-25-36-17-9-3-10-18-36)33-51-26-37-19-11-4-12-20-37/h1-21,38,40-41H,22-33H2. The molecule has 5 aromatic rings. The lowest BCUT2D eigenvalue weighted by Gasteiger charge is -2.25. The summed E-state index contributed by atoms with van der Waals surface area (Å²) in [5.41, 5.74) is 5.16. The van der Waals surface area contributed by atoms with E-state index in [2.05, 4.69) is 31.9 Å². The van der Waals surface area contributed by atoms with Crippen LogP contribution >= 0.6 is 43.2 Å². The van der Waals surface area contributed by atoms with Crippen molar-refractivity contribution in [1.29, 1.82) is 0 Å². The molecule has 0 N–H and O–H groups in total. The summed E-state index contributed by atoms with van der Waals surface area (Å²) in [6.07, 6.45) is -0.600. The van der Waals surface area contributed by atoms with Gasteiger partial charge in [-0.3, -0.25) is 4.79 Å². The first kappa shape index (κ1) is 42.9. The third-order valence-electron chi connectivity index (χ3n) is 8.34. The number of hydrogen-bond acceptors (Lipinski definition) is 9. The van der Waals surface area contributed by atoms with Crippen LogP contribution < -0.4 is 0 Å². The van der Waals surface area contributed by atoms with Gasteiger partial charge in [0, 0.05) is 5.92 Å². The monoisotopic (exact) mass is 894 g/mol. The molecule has 1 heterocycles. The average molecular weight is 897 g/mol. The third-order valence-corrected chi connectivity index (χ3v) is 10.8. The molecule has 0 aliphatic carbocycles. The molecule has 292 valence electrons.